The maximum absolute atomic E-state index is 13.6. The lowest BCUT2D eigenvalue weighted by Gasteiger charge is -2.31. The van der Waals surface area contributed by atoms with Gasteiger partial charge in [-0.25, -0.2) is 9.37 Å². The molecule has 1 aromatic rings. The summed E-state index contributed by atoms with van der Waals surface area (Å²) in [5, 5.41) is 12.6. The number of halogens is 2. The summed E-state index contributed by atoms with van der Waals surface area (Å²) in [4.78, 5) is 3.94. The first-order chi connectivity index (χ1) is 8.20. The molecule has 1 fully saturated rings. The fraction of sp³-hybridized carbons (Fsp3) is 0.583. The van der Waals surface area contributed by atoms with E-state index < -0.39 is 5.82 Å². The minimum atomic E-state index is -0.445. The van der Waals surface area contributed by atoms with Gasteiger partial charge in [0, 0.05) is 24.8 Å². The monoisotopic (exact) mass is 258 g/mol. The fourth-order valence-electron chi connectivity index (χ4n) is 2.31. The zero-order valence-electron chi connectivity index (χ0n) is 9.50. The van der Waals surface area contributed by atoms with Gasteiger partial charge in [-0.1, -0.05) is 24.4 Å². The smallest absolute Gasteiger partial charge is 0.166 e. The molecule has 2 unspecified atom stereocenters. The van der Waals surface area contributed by atoms with Crippen LogP contribution in [0.4, 0.5) is 10.2 Å². The molecule has 2 atom stereocenters. The molecule has 0 saturated heterocycles. The van der Waals surface area contributed by atoms with Crippen LogP contribution in [-0.2, 0) is 0 Å². The molecule has 0 aromatic carbocycles. The van der Waals surface area contributed by atoms with E-state index in [0.717, 1.165) is 25.7 Å². The largest absolute Gasteiger partial charge is 0.396 e. The average molecular weight is 259 g/mol. The van der Waals surface area contributed by atoms with Crippen molar-refractivity contribution in [2.24, 2.45) is 5.92 Å². The zero-order valence-corrected chi connectivity index (χ0v) is 10.3. The quantitative estimate of drug-likeness (QED) is 0.876. The Labute approximate surface area is 105 Å². The lowest BCUT2D eigenvalue weighted by molar-refractivity contribution is 0.178. The average Bonchev–Trinajstić information content (AvgIpc) is 2.33. The Balaban J connectivity index is 2.08. The molecule has 0 radical (unpaired) electrons. The SMILES string of the molecule is OCC1CCCCC1Nc1ncc(Cl)cc1F. The number of rotatable bonds is 3. The van der Waals surface area contributed by atoms with Crippen molar-refractivity contribution in [3.8, 4) is 0 Å². The molecule has 1 aliphatic rings. The Kier molecular flexibility index (Phi) is 4.18. The molecule has 1 aromatic heterocycles. The number of aromatic nitrogens is 1. The van der Waals surface area contributed by atoms with E-state index >= 15 is 0 Å². The topological polar surface area (TPSA) is 45.1 Å². The Morgan fingerprint density at radius 3 is 2.94 bits per heavy atom. The normalized spacial score (nSPS) is 24.6. The molecule has 0 bridgehead atoms. The van der Waals surface area contributed by atoms with Gasteiger partial charge >= 0.3 is 0 Å². The summed E-state index contributed by atoms with van der Waals surface area (Å²) in [6.07, 6.45) is 5.56. The molecule has 1 heterocycles. The summed E-state index contributed by atoms with van der Waals surface area (Å²) >= 11 is 5.65. The molecule has 5 heteroatoms. The number of nitrogens with zero attached hydrogens (tertiary/aromatic N) is 1. The maximum Gasteiger partial charge on any atom is 0.166 e. The number of nitrogens with one attached hydrogen (secondary N) is 1. The van der Waals surface area contributed by atoms with Crippen molar-refractivity contribution in [2.75, 3.05) is 11.9 Å². The number of anilines is 1. The molecule has 0 amide bonds. The Morgan fingerprint density at radius 1 is 1.47 bits per heavy atom. The first kappa shape index (κ1) is 12.6. The highest BCUT2D eigenvalue weighted by atomic mass is 35.5. The number of hydrogen-bond donors (Lipinski definition) is 2. The number of aliphatic hydroxyl groups excluding tert-OH is 1. The molecule has 3 nitrogen and oxygen atoms in total. The van der Waals surface area contributed by atoms with Crippen molar-refractivity contribution >= 4 is 17.4 Å². The first-order valence-corrected chi connectivity index (χ1v) is 6.27. The first-order valence-electron chi connectivity index (χ1n) is 5.89. The zero-order chi connectivity index (χ0) is 12.3. The van der Waals surface area contributed by atoms with Crippen molar-refractivity contribution in [3.63, 3.8) is 0 Å². The molecule has 0 aliphatic heterocycles. The minimum absolute atomic E-state index is 0.0944. The second kappa shape index (κ2) is 5.65. The summed E-state index contributed by atoms with van der Waals surface area (Å²) in [6, 6.07) is 1.34. The van der Waals surface area contributed by atoms with Gasteiger partial charge in [0.2, 0.25) is 0 Å². The molecular weight excluding hydrogens is 243 g/mol. The van der Waals surface area contributed by atoms with E-state index in [9.17, 15) is 9.50 Å². The highest BCUT2D eigenvalue weighted by Gasteiger charge is 2.25. The van der Waals surface area contributed by atoms with Crippen LogP contribution in [0.15, 0.2) is 12.3 Å². The molecule has 0 spiro atoms. The van der Waals surface area contributed by atoms with Crippen LogP contribution < -0.4 is 5.32 Å². The summed E-state index contributed by atoms with van der Waals surface area (Å²) in [5.41, 5.74) is 0. The molecule has 1 aliphatic carbocycles. The van der Waals surface area contributed by atoms with Gasteiger partial charge in [0.25, 0.3) is 0 Å². The summed E-state index contributed by atoms with van der Waals surface area (Å²) in [7, 11) is 0. The third kappa shape index (κ3) is 3.07. The van der Waals surface area contributed by atoms with Gasteiger partial charge < -0.3 is 10.4 Å². The van der Waals surface area contributed by atoms with E-state index in [0.29, 0.717) is 0 Å². The second-order valence-electron chi connectivity index (χ2n) is 4.46. The maximum atomic E-state index is 13.6. The Bertz CT molecular complexity index is 389. The van der Waals surface area contributed by atoms with Crippen LogP contribution in [0.5, 0.6) is 0 Å². The Morgan fingerprint density at radius 2 is 2.24 bits per heavy atom. The lowest BCUT2D eigenvalue weighted by Crippen LogP contribution is -2.34. The number of aliphatic hydroxyl groups is 1. The summed E-state index contributed by atoms with van der Waals surface area (Å²) < 4.78 is 13.6. The fourth-order valence-corrected chi connectivity index (χ4v) is 2.46. The molecule has 2 rings (SSSR count). The minimum Gasteiger partial charge on any atom is -0.396 e. The van der Waals surface area contributed by atoms with Crippen LogP contribution in [-0.4, -0.2) is 22.7 Å². The van der Waals surface area contributed by atoms with Crippen molar-refractivity contribution in [1.29, 1.82) is 0 Å². The third-order valence-electron chi connectivity index (χ3n) is 3.27. The van der Waals surface area contributed by atoms with Gasteiger partial charge in [-0.15, -0.1) is 0 Å². The van der Waals surface area contributed by atoms with E-state index in [2.05, 4.69) is 10.3 Å². The van der Waals surface area contributed by atoms with Crippen LogP contribution in [0, 0.1) is 11.7 Å². The van der Waals surface area contributed by atoms with Crippen molar-refractivity contribution in [1.82, 2.24) is 4.98 Å². The third-order valence-corrected chi connectivity index (χ3v) is 3.48. The van der Waals surface area contributed by atoms with Gasteiger partial charge in [-0.05, 0) is 18.9 Å². The summed E-state index contributed by atoms with van der Waals surface area (Å²) in [6.45, 7) is 0.132. The van der Waals surface area contributed by atoms with Crippen LogP contribution in [0.1, 0.15) is 25.7 Å². The molecular formula is C12H16ClFN2O. The van der Waals surface area contributed by atoms with E-state index in [-0.39, 0.29) is 29.4 Å². The van der Waals surface area contributed by atoms with Gasteiger partial charge in [0.05, 0.1) is 5.02 Å². The van der Waals surface area contributed by atoms with Crippen LogP contribution >= 0.6 is 11.6 Å². The van der Waals surface area contributed by atoms with Gasteiger partial charge in [0.1, 0.15) is 0 Å². The molecule has 94 valence electrons. The van der Waals surface area contributed by atoms with Crippen LogP contribution in [0.2, 0.25) is 5.02 Å². The van der Waals surface area contributed by atoms with Gasteiger partial charge in [0.15, 0.2) is 11.6 Å². The molecule has 2 N–H and O–H groups in total. The molecule has 1 saturated carbocycles. The van der Waals surface area contributed by atoms with E-state index in [1.807, 2.05) is 0 Å². The standard InChI is InChI=1S/C12H16ClFN2O/c13-9-5-10(14)12(15-6-9)16-11-4-2-1-3-8(11)7-17/h5-6,8,11,17H,1-4,7H2,(H,15,16). The highest BCUT2D eigenvalue weighted by molar-refractivity contribution is 6.30. The van der Waals surface area contributed by atoms with Crippen LogP contribution in [0.25, 0.3) is 0 Å². The van der Waals surface area contributed by atoms with Gasteiger partial charge in [-0.2, -0.15) is 0 Å². The van der Waals surface area contributed by atoms with E-state index in [1.165, 1.54) is 12.3 Å². The van der Waals surface area contributed by atoms with Gasteiger partial charge in [-0.3, -0.25) is 0 Å². The summed E-state index contributed by atoms with van der Waals surface area (Å²) in [5.74, 6) is -0.0415. The van der Waals surface area contributed by atoms with Crippen molar-refractivity contribution < 1.29 is 9.50 Å². The van der Waals surface area contributed by atoms with Crippen molar-refractivity contribution in [2.45, 2.75) is 31.7 Å². The Hall–Kier alpha value is -0.870. The lowest BCUT2D eigenvalue weighted by atomic mass is 9.85. The number of hydrogen-bond acceptors (Lipinski definition) is 3. The van der Waals surface area contributed by atoms with Crippen LogP contribution in [0.3, 0.4) is 0 Å². The molecule has 17 heavy (non-hydrogen) atoms. The predicted octanol–water partition coefficient (Wildman–Crippen LogP) is 2.84. The second-order valence-corrected chi connectivity index (χ2v) is 4.90. The van der Waals surface area contributed by atoms with Crippen molar-refractivity contribution in [3.05, 3.63) is 23.1 Å². The van der Waals surface area contributed by atoms with E-state index in [4.69, 9.17) is 11.6 Å². The highest BCUT2D eigenvalue weighted by Crippen LogP contribution is 2.27. The van der Waals surface area contributed by atoms with E-state index in [1.54, 1.807) is 0 Å². The number of pyridine rings is 1. The predicted molar refractivity (Wildman–Crippen MR) is 65.7 cm³/mol.